The molecule has 1 fully saturated rings. The Hall–Kier alpha value is -0.570. The molecule has 3 nitrogen and oxygen atoms in total. The maximum absolute atomic E-state index is 10.7. The van der Waals surface area contributed by atoms with Crippen LogP contribution in [0, 0.1) is 5.92 Å². The second-order valence-corrected chi connectivity index (χ2v) is 4.02. The van der Waals surface area contributed by atoms with Crippen molar-refractivity contribution in [1.29, 1.82) is 0 Å². The topological polar surface area (TPSA) is 38.3 Å². The molecule has 0 aromatic rings. The van der Waals surface area contributed by atoms with Crippen molar-refractivity contribution in [3.63, 3.8) is 0 Å². The van der Waals surface area contributed by atoms with Crippen LogP contribution in [0.4, 0.5) is 0 Å². The quantitative estimate of drug-likeness (QED) is 0.478. The van der Waals surface area contributed by atoms with Crippen molar-refractivity contribution < 1.29 is 9.53 Å². The fourth-order valence-corrected chi connectivity index (χ4v) is 1.51. The van der Waals surface area contributed by atoms with Gasteiger partial charge in [-0.25, -0.2) is 0 Å². The van der Waals surface area contributed by atoms with Gasteiger partial charge >= 0.3 is 5.97 Å². The Morgan fingerprint density at radius 3 is 2.71 bits per heavy atom. The van der Waals surface area contributed by atoms with Crippen LogP contribution in [0.2, 0.25) is 0 Å². The number of esters is 1. The van der Waals surface area contributed by atoms with Crippen LogP contribution >= 0.6 is 0 Å². The van der Waals surface area contributed by atoms with Gasteiger partial charge in [0, 0.05) is 6.42 Å². The zero-order valence-electron chi connectivity index (χ0n) is 9.05. The van der Waals surface area contributed by atoms with E-state index < -0.39 is 0 Å². The molecule has 82 valence electrons. The molecule has 1 N–H and O–H groups in total. The second-order valence-electron chi connectivity index (χ2n) is 4.02. The average molecular weight is 199 g/mol. The summed E-state index contributed by atoms with van der Waals surface area (Å²) in [6, 6.07) is 0. The van der Waals surface area contributed by atoms with Crippen molar-refractivity contribution in [1.82, 2.24) is 5.32 Å². The lowest BCUT2D eigenvalue weighted by molar-refractivity contribution is -0.140. The number of rotatable bonds is 8. The third kappa shape index (κ3) is 5.97. The Morgan fingerprint density at radius 1 is 1.36 bits per heavy atom. The zero-order chi connectivity index (χ0) is 10.2. The van der Waals surface area contributed by atoms with Crippen molar-refractivity contribution in [2.75, 3.05) is 20.2 Å². The summed E-state index contributed by atoms with van der Waals surface area (Å²) in [5.74, 6) is 0.927. The maximum Gasteiger partial charge on any atom is 0.305 e. The van der Waals surface area contributed by atoms with Gasteiger partial charge in [0.05, 0.1) is 7.11 Å². The van der Waals surface area contributed by atoms with Gasteiger partial charge in [-0.15, -0.1) is 0 Å². The maximum atomic E-state index is 10.7. The number of carbonyl (C=O) groups excluding carboxylic acids is 1. The highest BCUT2D eigenvalue weighted by Gasteiger charge is 2.19. The van der Waals surface area contributed by atoms with Crippen LogP contribution < -0.4 is 5.32 Å². The monoisotopic (exact) mass is 199 g/mol. The van der Waals surface area contributed by atoms with Gasteiger partial charge in [-0.2, -0.15) is 0 Å². The van der Waals surface area contributed by atoms with Crippen LogP contribution in [0.1, 0.15) is 38.5 Å². The number of carbonyl (C=O) groups is 1. The van der Waals surface area contributed by atoms with Crippen LogP contribution in [0.15, 0.2) is 0 Å². The van der Waals surface area contributed by atoms with E-state index >= 15 is 0 Å². The first-order valence-electron chi connectivity index (χ1n) is 5.60. The first-order chi connectivity index (χ1) is 6.83. The molecule has 0 saturated heterocycles. The van der Waals surface area contributed by atoms with Crippen molar-refractivity contribution in [3.8, 4) is 0 Å². The standard InChI is InChI=1S/C11H21NO2/c1-14-11(13)5-3-9-12-8-2-4-10-6-7-10/h10,12H,2-9H2,1H3. The molecule has 1 rings (SSSR count). The van der Waals surface area contributed by atoms with Crippen molar-refractivity contribution in [2.24, 2.45) is 5.92 Å². The highest BCUT2D eigenvalue weighted by Crippen LogP contribution is 2.33. The normalized spacial score (nSPS) is 15.5. The molecule has 0 spiro atoms. The van der Waals surface area contributed by atoms with Gasteiger partial charge in [-0.1, -0.05) is 12.8 Å². The fraction of sp³-hybridized carbons (Fsp3) is 0.909. The van der Waals surface area contributed by atoms with Crippen molar-refractivity contribution >= 4 is 5.97 Å². The fourth-order valence-electron chi connectivity index (χ4n) is 1.51. The highest BCUT2D eigenvalue weighted by molar-refractivity contribution is 5.68. The SMILES string of the molecule is COC(=O)CCCNCCCC1CC1. The molecule has 0 aromatic heterocycles. The van der Waals surface area contributed by atoms with E-state index in [0.717, 1.165) is 25.4 Å². The van der Waals surface area contributed by atoms with Gasteiger partial charge in [-0.3, -0.25) is 4.79 Å². The molecule has 1 saturated carbocycles. The first kappa shape index (κ1) is 11.5. The third-order valence-corrected chi connectivity index (χ3v) is 2.62. The second kappa shape index (κ2) is 6.82. The molecule has 0 aliphatic heterocycles. The number of nitrogens with one attached hydrogen (secondary N) is 1. The van der Waals surface area contributed by atoms with E-state index in [9.17, 15) is 4.79 Å². The summed E-state index contributed by atoms with van der Waals surface area (Å²) >= 11 is 0. The molecule has 0 heterocycles. The molecule has 0 radical (unpaired) electrons. The summed E-state index contributed by atoms with van der Waals surface area (Å²) in [7, 11) is 1.44. The molecule has 0 amide bonds. The Balaban J connectivity index is 1.72. The molecular formula is C11H21NO2. The molecule has 0 bridgehead atoms. The molecule has 1 aliphatic carbocycles. The summed E-state index contributed by atoms with van der Waals surface area (Å²) in [5.41, 5.74) is 0. The number of hydrogen-bond donors (Lipinski definition) is 1. The third-order valence-electron chi connectivity index (χ3n) is 2.62. The van der Waals surface area contributed by atoms with E-state index in [4.69, 9.17) is 0 Å². The Bertz CT molecular complexity index is 167. The minimum Gasteiger partial charge on any atom is -0.469 e. The Morgan fingerprint density at radius 2 is 2.07 bits per heavy atom. The lowest BCUT2D eigenvalue weighted by atomic mass is 10.2. The molecular weight excluding hydrogens is 178 g/mol. The van der Waals surface area contributed by atoms with Crippen LogP contribution in [-0.4, -0.2) is 26.2 Å². The highest BCUT2D eigenvalue weighted by atomic mass is 16.5. The zero-order valence-corrected chi connectivity index (χ0v) is 9.05. The summed E-state index contributed by atoms with van der Waals surface area (Å²) in [6.45, 7) is 2.03. The predicted octanol–water partition coefficient (Wildman–Crippen LogP) is 1.72. The van der Waals surface area contributed by atoms with E-state index in [1.807, 2.05) is 0 Å². The Kier molecular flexibility index (Phi) is 5.60. The number of ether oxygens (including phenoxy) is 1. The van der Waals surface area contributed by atoms with Gasteiger partial charge in [0.15, 0.2) is 0 Å². The Labute approximate surface area is 86.2 Å². The molecule has 3 heteroatoms. The minimum absolute atomic E-state index is 0.107. The van der Waals surface area contributed by atoms with E-state index in [0.29, 0.717) is 6.42 Å². The number of methoxy groups -OCH3 is 1. The predicted molar refractivity (Wildman–Crippen MR) is 56.1 cm³/mol. The molecule has 14 heavy (non-hydrogen) atoms. The van der Waals surface area contributed by atoms with Crippen LogP contribution in [0.25, 0.3) is 0 Å². The van der Waals surface area contributed by atoms with E-state index in [-0.39, 0.29) is 5.97 Å². The van der Waals surface area contributed by atoms with E-state index in [1.54, 1.807) is 0 Å². The van der Waals surface area contributed by atoms with Crippen LogP contribution in [0.3, 0.4) is 0 Å². The minimum atomic E-state index is -0.107. The van der Waals surface area contributed by atoms with Gasteiger partial charge in [-0.05, 0) is 38.3 Å². The lowest BCUT2D eigenvalue weighted by Crippen LogP contribution is -2.17. The van der Waals surface area contributed by atoms with Crippen LogP contribution in [0.5, 0.6) is 0 Å². The van der Waals surface area contributed by atoms with Gasteiger partial charge in [0.25, 0.3) is 0 Å². The largest absolute Gasteiger partial charge is 0.469 e. The van der Waals surface area contributed by atoms with E-state index in [1.165, 1.54) is 32.8 Å². The summed E-state index contributed by atoms with van der Waals surface area (Å²) in [6.07, 6.45) is 6.97. The van der Waals surface area contributed by atoms with Crippen molar-refractivity contribution in [3.05, 3.63) is 0 Å². The summed E-state index contributed by atoms with van der Waals surface area (Å²) in [4.78, 5) is 10.7. The lowest BCUT2D eigenvalue weighted by Gasteiger charge is -2.03. The molecule has 1 aliphatic rings. The van der Waals surface area contributed by atoms with Gasteiger partial charge in [0.2, 0.25) is 0 Å². The molecule has 0 aromatic carbocycles. The van der Waals surface area contributed by atoms with Crippen molar-refractivity contribution in [2.45, 2.75) is 38.5 Å². The molecule has 0 unspecified atom stereocenters. The van der Waals surface area contributed by atoms with E-state index in [2.05, 4.69) is 10.1 Å². The summed E-state index contributed by atoms with van der Waals surface area (Å²) < 4.78 is 4.55. The van der Waals surface area contributed by atoms with Gasteiger partial charge < -0.3 is 10.1 Å². The van der Waals surface area contributed by atoms with Gasteiger partial charge in [0.1, 0.15) is 0 Å². The number of hydrogen-bond acceptors (Lipinski definition) is 3. The summed E-state index contributed by atoms with van der Waals surface area (Å²) in [5, 5.41) is 3.34. The average Bonchev–Trinajstić information content (AvgIpc) is 2.99. The molecule has 0 atom stereocenters. The first-order valence-corrected chi connectivity index (χ1v) is 5.60. The smallest absolute Gasteiger partial charge is 0.305 e. The van der Waals surface area contributed by atoms with Crippen LogP contribution in [-0.2, 0) is 9.53 Å².